The van der Waals surface area contributed by atoms with Gasteiger partial charge in [-0.2, -0.15) is 0 Å². The van der Waals surface area contributed by atoms with Gasteiger partial charge in [0.15, 0.2) is 0 Å². The van der Waals surface area contributed by atoms with Crippen LogP contribution in [0.2, 0.25) is 0 Å². The molecule has 1 atom stereocenters. The van der Waals surface area contributed by atoms with E-state index in [1.54, 1.807) is 31.5 Å². The zero-order chi connectivity index (χ0) is 16.2. The van der Waals surface area contributed by atoms with Crippen LogP contribution in [0.25, 0.3) is 0 Å². The predicted octanol–water partition coefficient (Wildman–Crippen LogP) is 1.91. The van der Waals surface area contributed by atoms with Gasteiger partial charge in [0.05, 0.1) is 17.6 Å². The Labute approximate surface area is 129 Å². The normalized spacial score (nSPS) is 12.6. The Hall–Kier alpha value is -2.25. The second-order valence-corrected chi connectivity index (χ2v) is 6.36. The van der Waals surface area contributed by atoms with Crippen molar-refractivity contribution < 1.29 is 17.9 Å². The Morgan fingerprint density at radius 1 is 1.23 bits per heavy atom. The Kier molecular flexibility index (Phi) is 4.89. The number of hydrogen-bond donors (Lipinski definition) is 1. The number of esters is 1. The van der Waals surface area contributed by atoms with Crippen molar-refractivity contribution in [2.45, 2.75) is 17.9 Å². The first-order chi connectivity index (χ1) is 10.4. The maximum atomic E-state index is 12.4. The zero-order valence-corrected chi connectivity index (χ0v) is 13.0. The molecule has 2 rings (SSSR count). The minimum absolute atomic E-state index is 0.0105. The molecule has 2 aromatic rings. The number of carbonyl (C=O) groups is 1. The first-order valence-electron chi connectivity index (χ1n) is 6.54. The average molecular weight is 320 g/mol. The Morgan fingerprint density at radius 3 is 2.55 bits per heavy atom. The Morgan fingerprint density at radius 2 is 1.91 bits per heavy atom. The molecule has 0 fully saturated rings. The van der Waals surface area contributed by atoms with Gasteiger partial charge < -0.3 is 4.74 Å². The van der Waals surface area contributed by atoms with Crippen LogP contribution >= 0.6 is 0 Å². The van der Waals surface area contributed by atoms with Gasteiger partial charge in [-0.3, -0.25) is 4.98 Å². The molecule has 7 heteroatoms. The lowest BCUT2D eigenvalue weighted by molar-refractivity contribution is 0.0600. The van der Waals surface area contributed by atoms with Crippen molar-refractivity contribution in [3.8, 4) is 0 Å². The van der Waals surface area contributed by atoms with Gasteiger partial charge in [0.2, 0.25) is 10.0 Å². The number of rotatable bonds is 5. The molecule has 1 aromatic carbocycles. The summed E-state index contributed by atoms with van der Waals surface area (Å²) in [5.74, 6) is -0.584. The van der Waals surface area contributed by atoms with E-state index in [1.165, 1.54) is 31.4 Å². The fraction of sp³-hybridized carbons (Fsp3) is 0.200. The number of carbonyl (C=O) groups excluding carboxylic acids is 1. The minimum Gasteiger partial charge on any atom is -0.465 e. The molecule has 116 valence electrons. The summed E-state index contributed by atoms with van der Waals surface area (Å²) in [6.07, 6.45) is 3.19. The van der Waals surface area contributed by atoms with E-state index in [2.05, 4.69) is 14.4 Å². The molecule has 1 N–H and O–H groups in total. The molecular formula is C15H16N2O4S. The summed E-state index contributed by atoms with van der Waals surface area (Å²) in [6, 6.07) is 8.75. The fourth-order valence-corrected chi connectivity index (χ4v) is 3.21. The van der Waals surface area contributed by atoms with Crippen LogP contribution in [0.1, 0.15) is 28.9 Å². The van der Waals surface area contributed by atoms with E-state index in [4.69, 9.17) is 0 Å². The van der Waals surface area contributed by atoms with Crippen LogP contribution in [-0.4, -0.2) is 26.5 Å². The number of sulfonamides is 1. The highest BCUT2D eigenvalue weighted by Gasteiger charge is 2.19. The quantitative estimate of drug-likeness (QED) is 0.851. The molecular weight excluding hydrogens is 304 g/mol. The third kappa shape index (κ3) is 3.69. The van der Waals surface area contributed by atoms with E-state index in [0.29, 0.717) is 0 Å². The molecule has 0 bridgehead atoms. The smallest absolute Gasteiger partial charge is 0.337 e. The Balaban J connectivity index is 2.25. The maximum Gasteiger partial charge on any atom is 0.337 e. The summed E-state index contributed by atoms with van der Waals surface area (Å²) in [5.41, 5.74) is 0.977. The number of benzene rings is 1. The van der Waals surface area contributed by atoms with Crippen molar-refractivity contribution in [1.29, 1.82) is 0 Å². The molecule has 1 aromatic heterocycles. The van der Waals surface area contributed by atoms with Gasteiger partial charge in [-0.15, -0.1) is 0 Å². The molecule has 0 radical (unpaired) electrons. The van der Waals surface area contributed by atoms with Gasteiger partial charge in [-0.05, 0) is 42.8 Å². The van der Waals surface area contributed by atoms with Crippen LogP contribution in [-0.2, 0) is 14.8 Å². The van der Waals surface area contributed by atoms with Crippen LogP contribution in [0.3, 0.4) is 0 Å². The van der Waals surface area contributed by atoms with Crippen LogP contribution in [0.4, 0.5) is 0 Å². The van der Waals surface area contributed by atoms with Crippen LogP contribution in [0, 0.1) is 0 Å². The number of hydrogen-bond acceptors (Lipinski definition) is 5. The summed E-state index contributed by atoms with van der Waals surface area (Å²) in [5, 5.41) is 0. The molecule has 1 unspecified atom stereocenters. The van der Waals surface area contributed by atoms with E-state index in [9.17, 15) is 13.2 Å². The van der Waals surface area contributed by atoms with Gasteiger partial charge in [0.1, 0.15) is 0 Å². The fourth-order valence-electron chi connectivity index (χ4n) is 1.93. The van der Waals surface area contributed by atoms with Gasteiger partial charge in [0.25, 0.3) is 0 Å². The molecule has 1 heterocycles. The highest BCUT2D eigenvalue weighted by molar-refractivity contribution is 7.89. The van der Waals surface area contributed by atoms with E-state index in [-0.39, 0.29) is 10.5 Å². The standard InChI is InChI=1S/C15H16N2O4S/c1-11(12-6-8-16-9-7-12)17-22(19,20)14-5-3-4-13(10-14)15(18)21-2/h3-11,17H,1-2H3. The number of methoxy groups -OCH3 is 1. The zero-order valence-electron chi connectivity index (χ0n) is 12.2. The first kappa shape index (κ1) is 16.1. The molecule has 0 aliphatic heterocycles. The number of aromatic nitrogens is 1. The third-order valence-electron chi connectivity index (χ3n) is 3.10. The van der Waals surface area contributed by atoms with Crippen LogP contribution < -0.4 is 4.72 Å². The lowest BCUT2D eigenvalue weighted by Crippen LogP contribution is -2.27. The van der Waals surface area contributed by atoms with E-state index >= 15 is 0 Å². The highest BCUT2D eigenvalue weighted by atomic mass is 32.2. The third-order valence-corrected chi connectivity index (χ3v) is 4.64. The van der Waals surface area contributed by atoms with E-state index in [0.717, 1.165) is 5.56 Å². The molecule has 0 amide bonds. The summed E-state index contributed by atoms with van der Waals surface area (Å²) in [4.78, 5) is 15.4. The molecule has 22 heavy (non-hydrogen) atoms. The Bertz CT molecular complexity index is 760. The van der Waals surface area contributed by atoms with E-state index in [1.807, 2.05) is 0 Å². The van der Waals surface area contributed by atoms with Gasteiger partial charge in [-0.25, -0.2) is 17.9 Å². The molecule has 0 saturated carbocycles. The number of ether oxygens (including phenoxy) is 1. The second kappa shape index (κ2) is 6.67. The lowest BCUT2D eigenvalue weighted by atomic mass is 10.1. The molecule has 0 aliphatic rings. The van der Waals surface area contributed by atoms with Gasteiger partial charge in [0, 0.05) is 18.4 Å². The number of nitrogens with zero attached hydrogens (tertiary/aromatic N) is 1. The molecule has 6 nitrogen and oxygen atoms in total. The number of nitrogens with one attached hydrogen (secondary N) is 1. The highest BCUT2D eigenvalue weighted by Crippen LogP contribution is 2.17. The summed E-state index contributed by atoms with van der Waals surface area (Å²) < 4.78 is 32.0. The van der Waals surface area contributed by atoms with E-state index < -0.39 is 22.0 Å². The lowest BCUT2D eigenvalue weighted by Gasteiger charge is -2.14. The largest absolute Gasteiger partial charge is 0.465 e. The predicted molar refractivity (Wildman–Crippen MR) is 80.8 cm³/mol. The summed E-state index contributed by atoms with van der Waals surface area (Å²) in [7, 11) is -2.51. The minimum atomic E-state index is -3.75. The van der Waals surface area contributed by atoms with Crippen molar-refractivity contribution in [2.24, 2.45) is 0 Å². The van der Waals surface area contributed by atoms with Crippen molar-refractivity contribution in [3.63, 3.8) is 0 Å². The van der Waals surface area contributed by atoms with Crippen molar-refractivity contribution >= 4 is 16.0 Å². The molecule has 0 aliphatic carbocycles. The monoisotopic (exact) mass is 320 g/mol. The SMILES string of the molecule is COC(=O)c1cccc(S(=O)(=O)NC(C)c2ccncc2)c1. The van der Waals surface area contributed by atoms with Crippen LogP contribution in [0.5, 0.6) is 0 Å². The van der Waals surface area contributed by atoms with Crippen molar-refractivity contribution in [2.75, 3.05) is 7.11 Å². The van der Waals surface area contributed by atoms with Crippen LogP contribution in [0.15, 0.2) is 53.7 Å². The van der Waals surface area contributed by atoms with Gasteiger partial charge in [-0.1, -0.05) is 6.07 Å². The molecule has 0 saturated heterocycles. The number of pyridine rings is 1. The summed E-state index contributed by atoms with van der Waals surface area (Å²) >= 11 is 0. The molecule has 0 spiro atoms. The first-order valence-corrected chi connectivity index (χ1v) is 8.03. The second-order valence-electron chi connectivity index (χ2n) is 4.64. The van der Waals surface area contributed by atoms with Gasteiger partial charge >= 0.3 is 5.97 Å². The van der Waals surface area contributed by atoms with Crippen molar-refractivity contribution in [3.05, 3.63) is 59.9 Å². The summed E-state index contributed by atoms with van der Waals surface area (Å²) in [6.45, 7) is 1.73. The maximum absolute atomic E-state index is 12.4. The van der Waals surface area contributed by atoms with Crippen molar-refractivity contribution in [1.82, 2.24) is 9.71 Å². The topological polar surface area (TPSA) is 85.4 Å². The average Bonchev–Trinajstić information content (AvgIpc) is 2.54.